The third-order valence-corrected chi connectivity index (χ3v) is 1.76. The quantitative estimate of drug-likeness (QED) is 0.730. The minimum Gasteiger partial charge on any atom is -0.479 e. The largest absolute Gasteiger partial charge is 0.479 e. The first-order valence-corrected chi connectivity index (χ1v) is 4.09. The van der Waals surface area contributed by atoms with Crippen molar-refractivity contribution in [1.29, 1.82) is 0 Å². The number of nitrogens with zero attached hydrogens (tertiary/aromatic N) is 3. The molecule has 0 aliphatic heterocycles. The van der Waals surface area contributed by atoms with E-state index in [1.807, 2.05) is 0 Å². The number of aromatic amines is 1. The highest BCUT2D eigenvalue weighted by molar-refractivity contribution is 5.75. The van der Waals surface area contributed by atoms with Gasteiger partial charge in [-0.15, -0.1) is 0 Å². The van der Waals surface area contributed by atoms with Gasteiger partial charge in [0.1, 0.15) is 0 Å². The Morgan fingerprint density at radius 2 is 2.07 bits per heavy atom. The maximum atomic E-state index is 11.0. The summed E-state index contributed by atoms with van der Waals surface area (Å²) in [5.41, 5.74) is 0.328. The van der Waals surface area contributed by atoms with E-state index in [1.54, 1.807) is 0 Å². The predicted molar refractivity (Wildman–Crippen MR) is 51.1 cm³/mol. The number of rotatable bonds is 2. The van der Waals surface area contributed by atoms with Crippen molar-refractivity contribution in [2.45, 2.75) is 0 Å². The lowest BCUT2D eigenvalue weighted by Crippen LogP contribution is -2.08. The van der Waals surface area contributed by atoms with Gasteiger partial charge in [0.15, 0.2) is 11.2 Å². The third kappa shape index (κ3) is 1.58. The molecule has 0 atom stereocenters. The Morgan fingerprint density at radius 3 is 2.73 bits per heavy atom. The van der Waals surface area contributed by atoms with Crippen molar-refractivity contribution in [3.8, 4) is 11.9 Å². The fourth-order valence-corrected chi connectivity index (χ4v) is 1.12. The summed E-state index contributed by atoms with van der Waals surface area (Å²) in [5.74, 6) is 0.258. The van der Waals surface area contributed by atoms with Gasteiger partial charge in [-0.1, -0.05) is 0 Å². The molecular weight excluding hydrogens is 200 g/mol. The molecule has 0 bridgehead atoms. The van der Waals surface area contributed by atoms with E-state index in [1.165, 1.54) is 14.2 Å². The van der Waals surface area contributed by atoms with Gasteiger partial charge < -0.3 is 14.5 Å². The molecule has 0 aliphatic rings. The average Bonchev–Trinajstić information content (AvgIpc) is 2.26. The Morgan fingerprint density at radius 1 is 1.27 bits per heavy atom. The summed E-state index contributed by atoms with van der Waals surface area (Å²) >= 11 is 0. The predicted octanol–water partition coefficient (Wildman–Crippen LogP) is -0.270. The van der Waals surface area contributed by atoms with Crippen molar-refractivity contribution in [2.24, 2.45) is 0 Å². The summed E-state index contributed by atoms with van der Waals surface area (Å²) in [6, 6.07) is 0.114. The van der Waals surface area contributed by atoms with Crippen molar-refractivity contribution < 1.29 is 9.47 Å². The minimum atomic E-state index is -0.342. The number of H-pyrrole nitrogens is 1. The van der Waals surface area contributed by atoms with Crippen LogP contribution in [-0.2, 0) is 0 Å². The van der Waals surface area contributed by atoms with Crippen molar-refractivity contribution in [2.75, 3.05) is 14.2 Å². The zero-order chi connectivity index (χ0) is 10.8. The van der Waals surface area contributed by atoms with Crippen LogP contribution >= 0.6 is 0 Å². The van der Waals surface area contributed by atoms with E-state index in [0.29, 0.717) is 5.52 Å². The van der Waals surface area contributed by atoms with E-state index < -0.39 is 0 Å². The molecule has 0 saturated carbocycles. The van der Waals surface area contributed by atoms with Crippen LogP contribution < -0.4 is 15.0 Å². The lowest BCUT2D eigenvalue weighted by molar-refractivity contribution is 0.356. The first kappa shape index (κ1) is 9.38. The second-order valence-electron chi connectivity index (χ2n) is 2.66. The molecule has 0 amide bonds. The van der Waals surface area contributed by atoms with Gasteiger partial charge in [0.25, 0.3) is 5.56 Å². The highest BCUT2D eigenvalue weighted by atomic mass is 16.5. The smallest absolute Gasteiger partial charge is 0.321 e. The molecular formula is C8H8N4O3. The SMILES string of the molecule is COc1nc(OC)c2ncc(=O)[nH]c2n1. The average molecular weight is 208 g/mol. The van der Waals surface area contributed by atoms with Gasteiger partial charge in [-0.05, 0) is 0 Å². The molecule has 0 radical (unpaired) electrons. The fraction of sp³-hybridized carbons (Fsp3) is 0.250. The molecule has 7 nitrogen and oxygen atoms in total. The molecule has 0 fully saturated rings. The maximum absolute atomic E-state index is 11.0. The number of hydrogen-bond donors (Lipinski definition) is 1. The lowest BCUT2D eigenvalue weighted by Gasteiger charge is -2.04. The number of nitrogens with one attached hydrogen (secondary N) is 1. The Kier molecular flexibility index (Phi) is 2.20. The zero-order valence-corrected chi connectivity index (χ0v) is 8.14. The van der Waals surface area contributed by atoms with E-state index in [-0.39, 0.29) is 23.1 Å². The van der Waals surface area contributed by atoms with Gasteiger partial charge in [-0.2, -0.15) is 9.97 Å². The molecule has 1 N–H and O–H groups in total. The van der Waals surface area contributed by atoms with Gasteiger partial charge in [-0.3, -0.25) is 4.79 Å². The Hall–Kier alpha value is -2.18. The van der Waals surface area contributed by atoms with Crippen LogP contribution in [0, 0.1) is 0 Å². The summed E-state index contributed by atoms with van der Waals surface area (Å²) in [7, 11) is 2.88. The molecule has 2 rings (SSSR count). The van der Waals surface area contributed by atoms with Crippen LogP contribution in [-0.4, -0.2) is 34.2 Å². The van der Waals surface area contributed by atoms with Crippen LogP contribution in [0.5, 0.6) is 11.9 Å². The third-order valence-electron chi connectivity index (χ3n) is 1.76. The van der Waals surface area contributed by atoms with E-state index in [0.717, 1.165) is 6.20 Å². The molecule has 0 unspecified atom stereocenters. The van der Waals surface area contributed by atoms with E-state index in [2.05, 4.69) is 19.9 Å². The Labute approximate surface area is 84.1 Å². The van der Waals surface area contributed by atoms with E-state index in [9.17, 15) is 4.79 Å². The van der Waals surface area contributed by atoms with Gasteiger partial charge in [0.2, 0.25) is 5.88 Å². The molecule has 7 heteroatoms. The number of aromatic nitrogens is 4. The van der Waals surface area contributed by atoms with Crippen LogP contribution in [0.3, 0.4) is 0 Å². The number of ether oxygens (including phenoxy) is 2. The van der Waals surface area contributed by atoms with Crippen molar-refractivity contribution in [1.82, 2.24) is 19.9 Å². The van der Waals surface area contributed by atoms with Gasteiger partial charge >= 0.3 is 6.01 Å². The second kappa shape index (κ2) is 3.52. The normalized spacial score (nSPS) is 10.3. The van der Waals surface area contributed by atoms with Crippen molar-refractivity contribution >= 4 is 11.2 Å². The highest BCUT2D eigenvalue weighted by Gasteiger charge is 2.09. The first-order chi connectivity index (χ1) is 7.24. The summed E-state index contributed by atoms with van der Waals surface area (Å²) in [4.78, 5) is 25.3. The van der Waals surface area contributed by atoms with Gasteiger partial charge in [-0.25, -0.2) is 4.98 Å². The van der Waals surface area contributed by atoms with Crippen LogP contribution in [0.15, 0.2) is 11.0 Å². The Bertz CT molecular complexity index is 551. The molecule has 15 heavy (non-hydrogen) atoms. The van der Waals surface area contributed by atoms with Crippen LogP contribution in [0.4, 0.5) is 0 Å². The molecule has 78 valence electrons. The standard InChI is InChI=1S/C8H8N4O3/c1-14-7-5-6(10-4(13)3-9-5)11-8(12-7)15-2/h3H,1-2H3,(H,10,11,12,13). The monoisotopic (exact) mass is 208 g/mol. The zero-order valence-electron chi connectivity index (χ0n) is 8.14. The number of methoxy groups -OCH3 is 2. The summed E-state index contributed by atoms with van der Waals surface area (Å²) < 4.78 is 9.85. The van der Waals surface area contributed by atoms with Crippen LogP contribution in [0.25, 0.3) is 11.2 Å². The number of hydrogen-bond acceptors (Lipinski definition) is 6. The molecule has 2 aromatic heterocycles. The van der Waals surface area contributed by atoms with Crippen LogP contribution in [0.2, 0.25) is 0 Å². The number of fused-ring (bicyclic) bond motifs is 1. The molecule has 0 saturated heterocycles. The summed E-state index contributed by atoms with van der Waals surface area (Å²) in [6.45, 7) is 0. The fourth-order valence-electron chi connectivity index (χ4n) is 1.12. The summed E-state index contributed by atoms with van der Waals surface area (Å²) in [5, 5.41) is 0. The molecule has 2 heterocycles. The van der Waals surface area contributed by atoms with Crippen molar-refractivity contribution in [3.05, 3.63) is 16.6 Å². The second-order valence-corrected chi connectivity index (χ2v) is 2.66. The van der Waals surface area contributed by atoms with Gasteiger partial charge in [0, 0.05) is 0 Å². The molecule has 0 aromatic carbocycles. The Balaban J connectivity index is 2.80. The molecule has 2 aromatic rings. The molecule has 0 spiro atoms. The van der Waals surface area contributed by atoms with Crippen LogP contribution in [0.1, 0.15) is 0 Å². The van der Waals surface area contributed by atoms with E-state index in [4.69, 9.17) is 9.47 Å². The highest BCUT2D eigenvalue weighted by Crippen LogP contribution is 2.19. The topological polar surface area (TPSA) is 90.0 Å². The first-order valence-electron chi connectivity index (χ1n) is 4.09. The van der Waals surface area contributed by atoms with Gasteiger partial charge in [0.05, 0.1) is 20.4 Å². The van der Waals surface area contributed by atoms with Crippen molar-refractivity contribution in [3.63, 3.8) is 0 Å². The lowest BCUT2D eigenvalue weighted by atomic mass is 10.5. The molecule has 0 aliphatic carbocycles. The maximum Gasteiger partial charge on any atom is 0.321 e. The van der Waals surface area contributed by atoms with E-state index >= 15 is 0 Å². The summed E-state index contributed by atoms with van der Waals surface area (Å²) in [6.07, 6.45) is 1.14. The minimum absolute atomic E-state index is 0.114.